The van der Waals surface area contributed by atoms with E-state index in [1.807, 2.05) is 0 Å². The molecular formula is C8H15O12P. The molecule has 21 heavy (non-hydrogen) atoms. The van der Waals surface area contributed by atoms with Gasteiger partial charge in [-0.05, 0) is 0 Å². The maximum Gasteiger partial charge on any atom is 0.466 e. The summed E-state index contributed by atoms with van der Waals surface area (Å²) in [6, 6.07) is 0. The first-order valence-corrected chi connectivity index (χ1v) is 6.47. The van der Waals surface area contributed by atoms with E-state index in [4.69, 9.17) is 39.7 Å². The van der Waals surface area contributed by atoms with Crippen molar-refractivity contribution in [3.8, 4) is 0 Å². The maximum atomic E-state index is 9.64. The fourth-order valence-electron chi connectivity index (χ4n) is 0.428. The highest BCUT2D eigenvalue weighted by Crippen LogP contribution is 2.25. The van der Waals surface area contributed by atoms with Crippen LogP contribution in [0.3, 0.4) is 0 Å². The second-order valence-electron chi connectivity index (χ2n) is 3.09. The van der Waals surface area contributed by atoms with E-state index in [1.165, 1.54) is 0 Å². The fraction of sp³-hybridized carbons (Fsp3) is 0.500. The second kappa shape index (κ2) is 13.0. The first kappa shape index (κ1) is 24.0. The molecule has 0 fully saturated rings. The molecule has 0 aliphatic carbocycles. The molecule has 0 aliphatic heterocycles. The topological polar surface area (TPSA) is 227 Å². The zero-order chi connectivity index (χ0) is 17.6. The molecule has 0 amide bonds. The molecule has 124 valence electrons. The standard InChI is InChI=1S/2C4H6O4.H3O4P/c2*5-3(6)1-2-4(7)8;1-5(2,3)4/h2*1-2H2,(H,5,6)(H,7,8);(H3,1,2,3,4). The van der Waals surface area contributed by atoms with Gasteiger partial charge in [-0.15, -0.1) is 0 Å². The molecular weight excluding hydrogens is 319 g/mol. The van der Waals surface area contributed by atoms with Crippen molar-refractivity contribution in [2.75, 3.05) is 0 Å². The number of carboxylic acid groups (broad SMARTS) is 4. The Labute approximate surface area is 117 Å². The minimum Gasteiger partial charge on any atom is -0.481 e. The van der Waals surface area contributed by atoms with Gasteiger partial charge in [-0.3, -0.25) is 19.2 Å². The lowest BCUT2D eigenvalue weighted by Gasteiger charge is -1.85. The van der Waals surface area contributed by atoms with Crippen LogP contribution in [0, 0.1) is 0 Å². The Kier molecular flexibility index (Phi) is 14.9. The molecule has 0 saturated carbocycles. The molecule has 0 spiro atoms. The zero-order valence-electron chi connectivity index (χ0n) is 10.4. The minimum absolute atomic E-state index is 0.296. The van der Waals surface area contributed by atoms with E-state index < -0.39 is 31.7 Å². The Balaban J connectivity index is -0.000000239. The third-order valence-corrected chi connectivity index (χ3v) is 1.11. The molecule has 0 rings (SSSR count). The van der Waals surface area contributed by atoms with Crippen LogP contribution in [-0.2, 0) is 23.7 Å². The molecule has 13 heteroatoms. The van der Waals surface area contributed by atoms with Gasteiger partial charge in [0.1, 0.15) is 0 Å². The summed E-state index contributed by atoms with van der Waals surface area (Å²) in [4.78, 5) is 60.1. The van der Waals surface area contributed by atoms with Gasteiger partial charge in [0.05, 0.1) is 25.7 Å². The highest BCUT2D eigenvalue weighted by molar-refractivity contribution is 7.45. The van der Waals surface area contributed by atoms with Gasteiger partial charge in [0.25, 0.3) is 0 Å². The number of hydrogen-bond donors (Lipinski definition) is 7. The van der Waals surface area contributed by atoms with Gasteiger partial charge in [-0.1, -0.05) is 0 Å². The molecule has 0 aromatic rings. The largest absolute Gasteiger partial charge is 0.481 e. The van der Waals surface area contributed by atoms with Gasteiger partial charge in [0, 0.05) is 0 Å². The summed E-state index contributed by atoms with van der Waals surface area (Å²) >= 11 is 0. The van der Waals surface area contributed by atoms with Crippen LogP contribution in [0.15, 0.2) is 0 Å². The highest BCUT2D eigenvalue weighted by Gasteiger charge is 2.01. The van der Waals surface area contributed by atoms with Crippen LogP contribution < -0.4 is 0 Å². The lowest BCUT2D eigenvalue weighted by molar-refractivity contribution is -0.143. The SMILES string of the molecule is O=C(O)CCC(=O)O.O=C(O)CCC(=O)O.O=P(O)(O)O. The van der Waals surface area contributed by atoms with Gasteiger partial charge in [-0.2, -0.15) is 0 Å². The molecule has 0 atom stereocenters. The first-order chi connectivity index (χ1) is 9.25. The Hall–Kier alpha value is -2.01. The van der Waals surface area contributed by atoms with Crippen LogP contribution in [0.25, 0.3) is 0 Å². The van der Waals surface area contributed by atoms with Crippen molar-refractivity contribution < 1.29 is 58.8 Å². The number of carboxylic acids is 4. The molecule has 0 heterocycles. The van der Waals surface area contributed by atoms with Gasteiger partial charge in [-0.25, -0.2) is 4.57 Å². The third kappa shape index (κ3) is 72.1. The van der Waals surface area contributed by atoms with E-state index in [-0.39, 0.29) is 25.7 Å². The number of hydrogen-bond acceptors (Lipinski definition) is 5. The van der Waals surface area contributed by atoms with E-state index in [2.05, 4.69) is 0 Å². The van der Waals surface area contributed by atoms with Crippen molar-refractivity contribution in [2.24, 2.45) is 0 Å². The van der Waals surface area contributed by atoms with E-state index in [0.29, 0.717) is 0 Å². The Bertz CT molecular complexity index is 332. The molecule has 0 saturated heterocycles. The van der Waals surface area contributed by atoms with E-state index >= 15 is 0 Å². The summed E-state index contributed by atoms with van der Waals surface area (Å²) in [5, 5.41) is 31.6. The molecule has 12 nitrogen and oxygen atoms in total. The van der Waals surface area contributed by atoms with Crippen LogP contribution in [-0.4, -0.2) is 59.0 Å². The summed E-state index contributed by atoms with van der Waals surface area (Å²) in [5.74, 6) is -4.31. The summed E-state index contributed by atoms with van der Waals surface area (Å²) in [7, 11) is -4.64. The molecule has 0 aliphatic rings. The average molecular weight is 334 g/mol. The van der Waals surface area contributed by atoms with E-state index in [0.717, 1.165) is 0 Å². The van der Waals surface area contributed by atoms with Crippen LogP contribution in [0.1, 0.15) is 25.7 Å². The van der Waals surface area contributed by atoms with Gasteiger partial charge in [0.15, 0.2) is 0 Å². The van der Waals surface area contributed by atoms with Crippen LogP contribution in [0.4, 0.5) is 0 Å². The number of phosphoric acid groups is 1. The number of aliphatic carboxylic acids is 4. The van der Waals surface area contributed by atoms with Crippen molar-refractivity contribution in [1.82, 2.24) is 0 Å². The number of rotatable bonds is 6. The van der Waals surface area contributed by atoms with Crippen molar-refractivity contribution in [3.05, 3.63) is 0 Å². The Morgan fingerprint density at radius 1 is 0.571 bits per heavy atom. The Morgan fingerprint density at radius 3 is 0.714 bits per heavy atom. The molecule has 7 N–H and O–H groups in total. The van der Waals surface area contributed by atoms with Crippen LogP contribution >= 0.6 is 7.82 Å². The molecule has 0 aromatic carbocycles. The summed E-state index contributed by atoms with van der Waals surface area (Å²) in [5.41, 5.74) is 0. The van der Waals surface area contributed by atoms with E-state index in [1.54, 1.807) is 0 Å². The predicted molar refractivity (Wildman–Crippen MR) is 63.3 cm³/mol. The summed E-state index contributed by atoms with van der Waals surface area (Å²) < 4.78 is 8.88. The lowest BCUT2D eigenvalue weighted by Crippen LogP contribution is -2.00. The van der Waals surface area contributed by atoms with Gasteiger partial charge >= 0.3 is 31.7 Å². The first-order valence-electron chi connectivity index (χ1n) is 4.91. The van der Waals surface area contributed by atoms with Crippen molar-refractivity contribution in [2.45, 2.75) is 25.7 Å². The zero-order valence-corrected chi connectivity index (χ0v) is 11.3. The van der Waals surface area contributed by atoms with Crippen molar-refractivity contribution in [3.63, 3.8) is 0 Å². The summed E-state index contributed by atoms with van der Waals surface area (Å²) in [6.07, 6.45) is -1.19. The van der Waals surface area contributed by atoms with Crippen LogP contribution in [0.5, 0.6) is 0 Å². The monoisotopic (exact) mass is 334 g/mol. The normalized spacial score (nSPS) is 9.29. The fourth-order valence-corrected chi connectivity index (χ4v) is 0.428. The average Bonchev–Trinajstić information content (AvgIpc) is 2.22. The lowest BCUT2D eigenvalue weighted by atomic mass is 10.3. The minimum atomic E-state index is -4.64. The quantitative estimate of drug-likeness (QED) is 0.288. The maximum absolute atomic E-state index is 9.64. The van der Waals surface area contributed by atoms with Crippen LogP contribution in [0.2, 0.25) is 0 Å². The Morgan fingerprint density at radius 2 is 0.667 bits per heavy atom. The molecule has 0 radical (unpaired) electrons. The third-order valence-electron chi connectivity index (χ3n) is 1.11. The molecule has 0 unspecified atom stereocenters. The molecule has 0 bridgehead atoms. The smallest absolute Gasteiger partial charge is 0.466 e. The van der Waals surface area contributed by atoms with Crippen molar-refractivity contribution >= 4 is 31.7 Å². The second-order valence-corrected chi connectivity index (χ2v) is 4.11. The van der Waals surface area contributed by atoms with Gasteiger partial charge in [0.2, 0.25) is 0 Å². The molecule has 0 aromatic heterocycles. The highest BCUT2D eigenvalue weighted by atomic mass is 31.2. The van der Waals surface area contributed by atoms with E-state index in [9.17, 15) is 19.2 Å². The summed E-state index contributed by atoms with van der Waals surface area (Å²) in [6.45, 7) is 0. The predicted octanol–water partition coefficient (Wildman–Crippen LogP) is -1.06. The van der Waals surface area contributed by atoms with Crippen molar-refractivity contribution in [1.29, 1.82) is 0 Å². The number of carbonyl (C=O) groups is 4. The van der Waals surface area contributed by atoms with Gasteiger partial charge < -0.3 is 35.1 Å².